The van der Waals surface area contributed by atoms with Gasteiger partial charge in [-0.3, -0.25) is 10.1 Å². The lowest BCUT2D eigenvalue weighted by molar-refractivity contribution is -0.384. The average molecular weight is 376 g/mol. The van der Waals surface area contributed by atoms with E-state index in [-0.39, 0.29) is 17.5 Å². The fourth-order valence-electron chi connectivity index (χ4n) is 2.45. The van der Waals surface area contributed by atoms with E-state index in [0.29, 0.717) is 0 Å². The van der Waals surface area contributed by atoms with Crippen LogP contribution in [0.1, 0.15) is 5.56 Å². The SMILES string of the molecule is Cc1ccc(N(Sc2ccc([N+](=O)[O-])cc2)[C@@H]2C=CS(=O)(=O)C2)cc1. The fourth-order valence-corrected chi connectivity index (χ4v) is 4.81. The van der Waals surface area contributed by atoms with Crippen LogP contribution in [0.15, 0.2) is 64.9 Å². The van der Waals surface area contributed by atoms with E-state index in [0.717, 1.165) is 16.1 Å². The van der Waals surface area contributed by atoms with Gasteiger partial charge in [0.2, 0.25) is 0 Å². The summed E-state index contributed by atoms with van der Waals surface area (Å²) in [7, 11) is -3.19. The lowest BCUT2D eigenvalue weighted by Gasteiger charge is -2.28. The molecule has 0 spiro atoms. The van der Waals surface area contributed by atoms with E-state index in [9.17, 15) is 18.5 Å². The molecule has 0 fully saturated rings. The first-order chi connectivity index (χ1) is 11.8. The number of sulfone groups is 1. The molecule has 0 aliphatic carbocycles. The quantitative estimate of drug-likeness (QED) is 0.449. The number of hydrogen-bond acceptors (Lipinski definition) is 6. The third-order valence-electron chi connectivity index (χ3n) is 3.75. The molecular weight excluding hydrogens is 360 g/mol. The summed E-state index contributed by atoms with van der Waals surface area (Å²) in [6, 6.07) is 13.7. The molecule has 130 valence electrons. The molecule has 1 atom stereocenters. The van der Waals surface area contributed by atoms with Gasteiger partial charge in [-0.15, -0.1) is 0 Å². The van der Waals surface area contributed by atoms with E-state index in [4.69, 9.17) is 0 Å². The number of nitro benzene ring substituents is 1. The van der Waals surface area contributed by atoms with Crippen molar-refractivity contribution in [3.63, 3.8) is 0 Å². The minimum atomic E-state index is -3.19. The van der Waals surface area contributed by atoms with Gasteiger partial charge in [-0.2, -0.15) is 0 Å². The highest BCUT2D eigenvalue weighted by Gasteiger charge is 2.28. The van der Waals surface area contributed by atoms with Crippen molar-refractivity contribution >= 4 is 33.2 Å². The number of nitro groups is 1. The van der Waals surface area contributed by atoms with Crippen molar-refractivity contribution in [3.05, 3.63) is 75.7 Å². The topological polar surface area (TPSA) is 80.5 Å². The number of rotatable bonds is 5. The Balaban J connectivity index is 1.89. The molecule has 6 nitrogen and oxygen atoms in total. The maximum absolute atomic E-state index is 11.8. The predicted molar refractivity (Wildman–Crippen MR) is 99.3 cm³/mol. The van der Waals surface area contributed by atoms with Crippen LogP contribution in [-0.2, 0) is 9.84 Å². The Kier molecular flexibility index (Phi) is 4.82. The largest absolute Gasteiger partial charge is 0.304 e. The van der Waals surface area contributed by atoms with Crippen LogP contribution in [0.2, 0.25) is 0 Å². The van der Waals surface area contributed by atoms with Crippen molar-refractivity contribution in [1.82, 2.24) is 0 Å². The fraction of sp³-hybridized carbons (Fsp3) is 0.176. The molecule has 8 heteroatoms. The molecule has 1 heterocycles. The Morgan fingerprint density at radius 3 is 2.28 bits per heavy atom. The molecule has 1 aliphatic rings. The molecule has 0 N–H and O–H groups in total. The van der Waals surface area contributed by atoms with E-state index in [1.807, 2.05) is 35.5 Å². The summed E-state index contributed by atoms with van der Waals surface area (Å²) in [6.07, 6.45) is 1.67. The third-order valence-corrected chi connectivity index (χ3v) is 6.29. The van der Waals surface area contributed by atoms with Crippen LogP contribution < -0.4 is 4.31 Å². The Morgan fingerprint density at radius 2 is 1.76 bits per heavy atom. The molecule has 0 bridgehead atoms. The van der Waals surface area contributed by atoms with Crippen molar-refractivity contribution in [2.45, 2.75) is 17.9 Å². The summed E-state index contributed by atoms with van der Waals surface area (Å²) in [4.78, 5) is 11.1. The lowest BCUT2D eigenvalue weighted by Crippen LogP contribution is -2.30. The van der Waals surface area contributed by atoms with E-state index in [2.05, 4.69) is 0 Å². The number of aryl methyl sites for hydroxylation is 1. The number of benzene rings is 2. The Bertz CT molecular complexity index is 907. The first-order valence-electron chi connectivity index (χ1n) is 7.53. The van der Waals surface area contributed by atoms with E-state index in [1.54, 1.807) is 18.2 Å². The molecule has 25 heavy (non-hydrogen) atoms. The second-order valence-electron chi connectivity index (χ2n) is 5.73. The molecular formula is C17H16N2O4S2. The third kappa shape index (κ3) is 4.21. The highest BCUT2D eigenvalue weighted by atomic mass is 32.2. The van der Waals surface area contributed by atoms with Gasteiger partial charge in [-0.1, -0.05) is 17.7 Å². The number of non-ortho nitro benzene ring substituents is 1. The zero-order valence-corrected chi connectivity index (χ0v) is 15.0. The molecule has 0 aromatic heterocycles. The summed E-state index contributed by atoms with van der Waals surface area (Å²) >= 11 is 1.36. The van der Waals surface area contributed by atoms with Crippen LogP contribution in [0.25, 0.3) is 0 Å². The molecule has 1 aliphatic heterocycles. The molecule has 0 saturated heterocycles. The second kappa shape index (κ2) is 6.89. The summed E-state index contributed by atoms with van der Waals surface area (Å²) in [5.41, 5.74) is 2.01. The van der Waals surface area contributed by atoms with Gasteiger partial charge in [-0.05, 0) is 49.2 Å². The Labute approximate surface area is 150 Å². The van der Waals surface area contributed by atoms with Crippen LogP contribution in [0, 0.1) is 17.0 Å². The molecule has 0 radical (unpaired) electrons. The van der Waals surface area contributed by atoms with E-state index >= 15 is 0 Å². The first kappa shape index (κ1) is 17.5. The zero-order chi connectivity index (χ0) is 18.0. The number of anilines is 1. The second-order valence-corrected chi connectivity index (χ2v) is 8.71. The maximum Gasteiger partial charge on any atom is 0.269 e. The molecule has 0 unspecified atom stereocenters. The Morgan fingerprint density at radius 1 is 1.12 bits per heavy atom. The predicted octanol–water partition coefficient (Wildman–Crippen LogP) is 3.73. The van der Waals surface area contributed by atoms with Gasteiger partial charge in [0.25, 0.3) is 5.69 Å². The smallest absolute Gasteiger partial charge is 0.269 e. The Hall–Kier alpha value is -2.32. The van der Waals surface area contributed by atoms with Crippen LogP contribution in [0.4, 0.5) is 11.4 Å². The van der Waals surface area contributed by atoms with Crippen LogP contribution in [-0.4, -0.2) is 25.1 Å². The van der Waals surface area contributed by atoms with Crippen molar-refractivity contribution in [1.29, 1.82) is 0 Å². The van der Waals surface area contributed by atoms with E-state index < -0.39 is 14.8 Å². The van der Waals surface area contributed by atoms with Gasteiger partial charge in [0.1, 0.15) is 0 Å². The summed E-state index contributed by atoms with van der Waals surface area (Å²) in [6.45, 7) is 1.98. The highest BCUT2D eigenvalue weighted by Crippen LogP contribution is 2.34. The van der Waals surface area contributed by atoms with Gasteiger partial charge in [0.05, 0.1) is 16.7 Å². The van der Waals surface area contributed by atoms with Crippen LogP contribution >= 0.6 is 11.9 Å². The summed E-state index contributed by atoms with van der Waals surface area (Å²) in [5, 5.41) is 12.0. The minimum absolute atomic E-state index is 0.0147. The maximum atomic E-state index is 11.8. The highest BCUT2D eigenvalue weighted by molar-refractivity contribution is 8.01. The summed E-state index contributed by atoms with van der Waals surface area (Å²) < 4.78 is 25.5. The summed E-state index contributed by atoms with van der Waals surface area (Å²) in [5.74, 6) is 0.0147. The van der Waals surface area contributed by atoms with Crippen molar-refractivity contribution in [2.24, 2.45) is 0 Å². The molecule has 2 aromatic rings. The normalized spacial score (nSPS) is 18.2. The standard InChI is InChI=1S/C17H16N2O4S2/c1-13-2-4-14(5-3-13)18(16-10-11-25(22,23)12-16)24-17-8-6-15(7-9-17)19(20)21/h2-11,16H,12H2,1H3/t16-/m1/s1. The zero-order valence-electron chi connectivity index (χ0n) is 13.4. The van der Waals surface area contributed by atoms with Gasteiger partial charge in [-0.25, -0.2) is 8.42 Å². The first-order valence-corrected chi connectivity index (χ1v) is 10.0. The van der Waals surface area contributed by atoms with Gasteiger partial charge in [0.15, 0.2) is 9.84 Å². The van der Waals surface area contributed by atoms with Gasteiger partial charge in [0, 0.05) is 28.1 Å². The molecule has 2 aromatic carbocycles. The van der Waals surface area contributed by atoms with Crippen molar-refractivity contribution in [2.75, 3.05) is 10.1 Å². The average Bonchev–Trinajstić information content (AvgIpc) is 2.94. The monoisotopic (exact) mass is 376 g/mol. The molecule has 0 amide bonds. The molecule has 0 saturated carbocycles. The minimum Gasteiger partial charge on any atom is -0.304 e. The van der Waals surface area contributed by atoms with Gasteiger partial charge < -0.3 is 4.31 Å². The van der Waals surface area contributed by atoms with Crippen molar-refractivity contribution < 1.29 is 13.3 Å². The van der Waals surface area contributed by atoms with E-state index in [1.165, 1.54) is 29.5 Å². The van der Waals surface area contributed by atoms with Gasteiger partial charge >= 0.3 is 0 Å². The lowest BCUT2D eigenvalue weighted by atomic mass is 10.2. The number of hydrogen-bond donors (Lipinski definition) is 0. The van der Waals surface area contributed by atoms with Crippen LogP contribution in [0.5, 0.6) is 0 Å². The van der Waals surface area contributed by atoms with Crippen LogP contribution in [0.3, 0.4) is 0 Å². The van der Waals surface area contributed by atoms with Crippen molar-refractivity contribution in [3.8, 4) is 0 Å². The number of nitrogens with zero attached hydrogens (tertiary/aromatic N) is 2. The molecule has 3 rings (SSSR count).